The first-order valence-electron chi connectivity index (χ1n) is 6.21. The monoisotopic (exact) mass is 396 g/mol. The van der Waals surface area contributed by atoms with Crippen LogP contribution < -0.4 is 16.0 Å². The first-order chi connectivity index (χ1) is 10.2. The lowest BCUT2D eigenvalue weighted by molar-refractivity contribution is 0.294. The van der Waals surface area contributed by atoms with Crippen molar-refractivity contribution in [3.8, 4) is 5.75 Å². The molecule has 0 fully saturated rings. The van der Waals surface area contributed by atoms with Gasteiger partial charge in [-0.2, -0.15) is 5.10 Å². The first kappa shape index (κ1) is 14.0. The molecule has 108 valence electrons. The molecular weight excluding hydrogens is 383 g/mol. The molecule has 0 atom stereocenters. The van der Waals surface area contributed by atoms with Crippen LogP contribution in [0.2, 0.25) is 0 Å². The Hall–Kier alpha value is -1.94. The summed E-state index contributed by atoms with van der Waals surface area (Å²) in [7, 11) is 1.82. The fraction of sp³-hybridized carbons (Fsp3) is 0.154. The zero-order valence-corrected chi connectivity index (χ0v) is 13.4. The van der Waals surface area contributed by atoms with Crippen LogP contribution in [0, 0.1) is 3.57 Å². The number of nitrogens with one attached hydrogen (secondary N) is 1. The van der Waals surface area contributed by atoms with Crippen molar-refractivity contribution in [1.29, 1.82) is 0 Å². The Kier molecular flexibility index (Phi) is 3.88. The summed E-state index contributed by atoms with van der Waals surface area (Å²) in [6.07, 6.45) is 1.68. The van der Waals surface area contributed by atoms with Gasteiger partial charge in [-0.05, 0) is 34.7 Å². The number of nitrogens with two attached hydrogens (primary N) is 1. The van der Waals surface area contributed by atoms with Gasteiger partial charge in [0.05, 0.1) is 15.2 Å². The van der Waals surface area contributed by atoms with Crippen LogP contribution in [0.3, 0.4) is 0 Å². The third kappa shape index (κ3) is 2.76. The maximum Gasteiger partial charge on any atom is 0.170 e. The molecule has 0 spiro atoms. The van der Waals surface area contributed by atoms with Crippen LogP contribution in [0.1, 0.15) is 5.82 Å². The third-order valence-electron chi connectivity index (χ3n) is 2.97. The van der Waals surface area contributed by atoms with Crippen LogP contribution in [0.5, 0.6) is 5.75 Å². The van der Waals surface area contributed by atoms with Crippen LogP contribution in [0.4, 0.5) is 5.82 Å². The average Bonchev–Trinajstić information content (AvgIpc) is 2.87. The van der Waals surface area contributed by atoms with Crippen molar-refractivity contribution in [2.24, 2.45) is 12.9 Å². The minimum atomic E-state index is 0.260. The number of nitrogen functional groups attached to an aromatic ring is 1. The summed E-state index contributed by atoms with van der Waals surface area (Å²) in [6.45, 7) is 0.260. The molecule has 0 unspecified atom stereocenters. The van der Waals surface area contributed by atoms with Crippen LogP contribution in [-0.2, 0) is 13.7 Å². The molecule has 7 nitrogen and oxygen atoms in total. The van der Waals surface area contributed by atoms with E-state index in [0.29, 0.717) is 17.3 Å². The van der Waals surface area contributed by atoms with E-state index in [-0.39, 0.29) is 6.61 Å². The maximum atomic E-state index is 5.76. The van der Waals surface area contributed by atoms with Crippen molar-refractivity contribution < 1.29 is 4.74 Å². The van der Waals surface area contributed by atoms with Crippen molar-refractivity contribution in [1.82, 2.24) is 19.7 Å². The van der Waals surface area contributed by atoms with Crippen LogP contribution in [0.25, 0.3) is 11.0 Å². The molecule has 3 rings (SSSR count). The van der Waals surface area contributed by atoms with E-state index >= 15 is 0 Å². The minimum absolute atomic E-state index is 0.260. The number of nitrogens with zero attached hydrogens (tertiary/aromatic N) is 4. The minimum Gasteiger partial charge on any atom is -0.484 e. The maximum absolute atomic E-state index is 5.76. The van der Waals surface area contributed by atoms with Gasteiger partial charge in [-0.25, -0.2) is 15.8 Å². The molecule has 0 amide bonds. The number of fused-ring (bicyclic) bond motifs is 1. The zero-order valence-electron chi connectivity index (χ0n) is 11.2. The molecule has 0 saturated carbocycles. The fourth-order valence-corrected chi connectivity index (χ4v) is 2.49. The third-order valence-corrected chi connectivity index (χ3v) is 3.86. The molecule has 1 aromatic carbocycles. The standard InChI is InChI=1S/C13H13IN6O/c1-20-13-8(6-16-20)12(19-15)17-11(18-13)7-21-10-5-3-2-4-9(10)14/h2-6H,7,15H2,1H3,(H,17,18,19). The quantitative estimate of drug-likeness (QED) is 0.397. The number of hydrogen-bond acceptors (Lipinski definition) is 6. The predicted molar refractivity (Wildman–Crippen MR) is 87.6 cm³/mol. The Morgan fingerprint density at radius 1 is 1.33 bits per heavy atom. The van der Waals surface area contributed by atoms with Crippen LogP contribution in [-0.4, -0.2) is 19.7 Å². The number of anilines is 1. The number of aromatic nitrogens is 4. The predicted octanol–water partition coefficient (Wildman–Crippen LogP) is 1.83. The number of ether oxygens (including phenoxy) is 1. The summed E-state index contributed by atoms with van der Waals surface area (Å²) in [6, 6.07) is 7.78. The molecule has 2 heterocycles. The highest BCUT2D eigenvalue weighted by molar-refractivity contribution is 14.1. The van der Waals surface area contributed by atoms with Gasteiger partial charge in [-0.15, -0.1) is 0 Å². The number of aryl methyl sites for hydroxylation is 1. The van der Waals surface area contributed by atoms with Crippen molar-refractivity contribution in [3.63, 3.8) is 0 Å². The lowest BCUT2D eigenvalue weighted by Gasteiger charge is -2.09. The Labute approximate surface area is 134 Å². The summed E-state index contributed by atoms with van der Waals surface area (Å²) in [5, 5.41) is 4.93. The summed E-state index contributed by atoms with van der Waals surface area (Å²) in [5.74, 6) is 7.38. The summed E-state index contributed by atoms with van der Waals surface area (Å²) in [4.78, 5) is 8.80. The number of rotatable bonds is 4. The lowest BCUT2D eigenvalue weighted by Crippen LogP contribution is -2.12. The Morgan fingerprint density at radius 3 is 2.90 bits per heavy atom. The van der Waals surface area contributed by atoms with Crippen molar-refractivity contribution in [2.45, 2.75) is 6.61 Å². The van der Waals surface area contributed by atoms with E-state index in [0.717, 1.165) is 14.7 Å². The highest BCUT2D eigenvalue weighted by atomic mass is 127. The van der Waals surface area contributed by atoms with E-state index in [1.54, 1.807) is 10.9 Å². The van der Waals surface area contributed by atoms with Crippen LogP contribution >= 0.6 is 22.6 Å². The van der Waals surface area contributed by atoms with E-state index in [9.17, 15) is 0 Å². The molecule has 0 aliphatic heterocycles. The van der Waals surface area contributed by atoms with E-state index < -0.39 is 0 Å². The van der Waals surface area contributed by atoms with E-state index in [1.165, 1.54) is 0 Å². The Balaban J connectivity index is 1.90. The normalized spacial score (nSPS) is 10.8. The summed E-state index contributed by atoms with van der Waals surface area (Å²) in [5.41, 5.74) is 3.28. The number of halogens is 1. The smallest absolute Gasteiger partial charge is 0.170 e. The molecule has 3 N–H and O–H groups in total. The molecule has 0 aliphatic carbocycles. The largest absolute Gasteiger partial charge is 0.484 e. The average molecular weight is 396 g/mol. The topological polar surface area (TPSA) is 90.9 Å². The van der Waals surface area contributed by atoms with Crippen molar-refractivity contribution in [3.05, 3.63) is 39.9 Å². The highest BCUT2D eigenvalue weighted by Crippen LogP contribution is 2.22. The Morgan fingerprint density at radius 2 is 2.14 bits per heavy atom. The van der Waals surface area contributed by atoms with Crippen molar-refractivity contribution >= 4 is 39.4 Å². The lowest BCUT2D eigenvalue weighted by atomic mass is 10.3. The van der Waals surface area contributed by atoms with Gasteiger partial charge in [-0.1, -0.05) is 12.1 Å². The number of benzene rings is 1. The molecule has 0 radical (unpaired) electrons. The molecule has 8 heteroatoms. The van der Waals surface area contributed by atoms with E-state index in [1.807, 2.05) is 31.3 Å². The van der Waals surface area contributed by atoms with Gasteiger partial charge in [0.1, 0.15) is 12.4 Å². The van der Waals surface area contributed by atoms with Gasteiger partial charge < -0.3 is 10.2 Å². The number of hydrazine groups is 1. The zero-order chi connectivity index (χ0) is 14.8. The molecule has 0 bridgehead atoms. The van der Waals surface area contributed by atoms with Gasteiger partial charge in [-0.3, -0.25) is 4.68 Å². The van der Waals surface area contributed by atoms with Gasteiger partial charge >= 0.3 is 0 Å². The second-order valence-electron chi connectivity index (χ2n) is 4.36. The first-order valence-corrected chi connectivity index (χ1v) is 7.29. The van der Waals surface area contributed by atoms with Gasteiger partial charge in [0.25, 0.3) is 0 Å². The number of para-hydroxylation sites is 1. The van der Waals surface area contributed by atoms with Crippen molar-refractivity contribution in [2.75, 3.05) is 5.43 Å². The fourth-order valence-electron chi connectivity index (χ4n) is 1.95. The SMILES string of the molecule is Cn1ncc2c(NN)nc(COc3ccccc3I)nc21. The highest BCUT2D eigenvalue weighted by Gasteiger charge is 2.11. The number of hydrogen-bond donors (Lipinski definition) is 2. The van der Waals surface area contributed by atoms with Crippen LogP contribution in [0.15, 0.2) is 30.5 Å². The van der Waals surface area contributed by atoms with E-state index in [2.05, 4.69) is 43.1 Å². The van der Waals surface area contributed by atoms with Gasteiger partial charge in [0, 0.05) is 7.05 Å². The molecule has 21 heavy (non-hydrogen) atoms. The second-order valence-corrected chi connectivity index (χ2v) is 5.52. The summed E-state index contributed by atoms with van der Waals surface area (Å²) >= 11 is 2.22. The van der Waals surface area contributed by atoms with E-state index in [4.69, 9.17) is 10.6 Å². The van der Waals surface area contributed by atoms with Gasteiger partial charge in [0.2, 0.25) is 0 Å². The Bertz CT molecular complexity index is 787. The molecule has 2 aromatic heterocycles. The summed E-state index contributed by atoms with van der Waals surface area (Å²) < 4.78 is 8.47. The molecule has 0 saturated heterocycles. The molecule has 0 aliphatic rings. The molecular formula is C13H13IN6O. The second kappa shape index (κ2) is 5.82. The van der Waals surface area contributed by atoms with Gasteiger partial charge in [0.15, 0.2) is 17.3 Å². The molecule has 3 aromatic rings.